The van der Waals surface area contributed by atoms with Crippen LogP contribution >= 0.6 is 0 Å². The Morgan fingerprint density at radius 2 is 0.823 bits per heavy atom. The van der Waals surface area contributed by atoms with Crippen molar-refractivity contribution in [3.63, 3.8) is 0 Å². The number of hydrogen-bond acceptors (Lipinski definition) is 5. The van der Waals surface area contributed by atoms with Crippen molar-refractivity contribution >= 4 is 54.3 Å². The molecule has 0 fully saturated rings. The van der Waals surface area contributed by atoms with Crippen LogP contribution in [0.4, 0.5) is 0 Å². The second-order valence-corrected chi connectivity index (χ2v) is 26.0. The van der Waals surface area contributed by atoms with E-state index in [0.717, 1.165) is 22.2 Å². The smallest absolute Gasteiger partial charge is 0.214 e. The van der Waals surface area contributed by atoms with E-state index in [9.17, 15) is 0 Å². The zero-order valence-corrected chi connectivity index (χ0v) is 58.2. The Morgan fingerprint density at radius 3 is 1.44 bits per heavy atom. The highest BCUT2D eigenvalue weighted by Crippen LogP contribution is 2.37. The van der Waals surface area contributed by atoms with Crippen LogP contribution in [0.5, 0.6) is 0 Å². The summed E-state index contributed by atoms with van der Waals surface area (Å²) in [5.41, 5.74) is 25.7. The maximum Gasteiger partial charge on any atom is 0.214 e. The number of hydrogen-bond donors (Lipinski definition) is 0. The van der Waals surface area contributed by atoms with Crippen molar-refractivity contribution in [2.45, 2.75) is 74.7 Å². The van der Waals surface area contributed by atoms with Crippen molar-refractivity contribution in [2.75, 3.05) is 0 Å². The maximum atomic E-state index is 4.87. The molecule has 15 aromatic rings. The Balaban J connectivity index is 0.000000122. The van der Waals surface area contributed by atoms with E-state index < -0.39 is 0 Å². The third kappa shape index (κ3) is 14.3. The lowest BCUT2D eigenvalue weighted by Gasteiger charge is -2.23. The van der Waals surface area contributed by atoms with Gasteiger partial charge < -0.3 is 0 Å². The molecular formula is C86H87N10+5. The number of rotatable bonds is 5. The minimum atomic E-state index is 0.0455. The van der Waals surface area contributed by atoms with E-state index in [0.29, 0.717) is 0 Å². The van der Waals surface area contributed by atoms with Gasteiger partial charge in [-0.25, -0.2) is 22.8 Å². The number of aryl methyl sites for hydroxylation is 12. The van der Waals surface area contributed by atoms with Crippen LogP contribution in [0, 0.1) is 48.5 Å². The lowest BCUT2D eigenvalue weighted by molar-refractivity contribution is -0.660. The number of nitrogens with zero attached hydrogens (tertiary/aromatic N) is 10. The Hall–Kier alpha value is -11.1. The van der Waals surface area contributed by atoms with Crippen LogP contribution in [0.15, 0.2) is 256 Å². The molecule has 10 heteroatoms. The van der Waals surface area contributed by atoms with Gasteiger partial charge in [-0.15, -0.1) is 0 Å². The second kappa shape index (κ2) is 29.0. The Kier molecular flexibility index (Phi) is 20.1. The quantitative estimate of drug-likeness (QED) is 0.160. The highest BCUT2D eigenvalue weighted by atomic mass is 14.9. The number of benzene rings is 5. The zero-order valence-electron chi connectivity index (χ0n) is 58.2. The van der Waals surface area contributed by atoms with E-state index in [4.69, 9.17) is 4.98 Å². The average molecular weight is 1260 g/mol. The van der Waals surface area contributed by atoms with Gasteiger partial charge >= 0.3 is 0 Å². The van der Waals surface area contributed by atoms with E-state index >= 15 is 0 Å². The fourth-order valence-corrected chi connectivity index (χ4v) is 12.8. The normalized spacial score (nSPS) is 11.1. The molecule has 5 aromatic carbocycles. The van der Waals surface area contributed by atoms with Crippen LogP contribution in [0.1, 0.15) is 65.4 Å². The molecule has 10 heterocycles. The largest absolute Gasteiger partial charge is 0.264 e. The van der Waals surface area contributed by atoms with Crippen LogP contribution in [0.25, 0.3) is 111 Å². The van der Waals surface area contributed by atoms with Gasteiger partial charge in [-0.1, -0.05) is 69.3 Å². The van der Waals surface area contributed by atoms with Crippen molar-refractivity contribution < 1.29 is 22.8 Å². The van der Waals surface area contributed by atoms with Gasteiger partial charge in [-0.2, -0.15) is 0 Å². The standard InChI is InChI=1S/C22H27N2.4C16H15N2/c1-14-10-11-24(7)20(12-14)18-13-19(22(4,5)6)21-17(16(18)3)9-8-15(2)23-21;1-12-14(15-7-3-4-11-18(15)2)9-8-13-6-5-10-17-16(12)13;1-12-13-7-3-4-8-15(13)17-11-14(12)16-9-5-6-10-18(16)2;1-12-14-8-9-17-11-13(14)6-7-15(12)16-5-3-4-10-18(16)2;1-12-14(16-5-3-4-10-18(16)2)7-6-13-8-9-17-11-15(12)13/h8-13H,1-7H3;4*3-11H,1-2H3/q5*+1. The molecule has 96 heavy (non-hydrogen) atoms. The summed E-state index contributed by atoms with van der Waals surface area (Å²) < 4.78 is 10.8. The molecule has 0 unspecified atom stereocenters. The van der Waals surface area contributed by atoms with E-state index in [1.54, 1.807) is 0 Å². The van der Waals surface area contributed by atoms with E-state index in [1.165, 1.54) is 133 Å². The molecular weight excluding hydrogens is 1170 g/mol. The summed E-state index contributed by atoms with van der Waals surface area (Å²) in [6.07, 6.45) is 21.8. The molecule has 10 aromatic heterocycles. The summed E-state index contributed by atoms with van der Waals surface area (Å²) in [6, 6.07) is 65.5. The predicted molar refractivity (Wildman–Crippen MR) is 394 cm³/mol. The molecule has 0 saturated carbocycles. The summed E-state index contributed by atoms with van der Waals surface area (Å²) in [4.78, 5) is 22.3. The predicted octanol–water partition coefficient (Wildman–Crippen LogP) is 17.1. The van der Waals surface area contributed by atoms with Gasteiger partial charge in [-0.05, 0) is 182 Å². The Bertz CT molecular complexity index is 4830. The third-order valence-corrected chi connectivity index (χ3v) is 18.4. The number of fused-ring (bicyclic) bond motifs is 5. The van der Waals surface area contributed by atoms with E-state index in [2.05, 4.69) is 330 Å². The topological polar surface area (TPSA) is 83.9 Å². The monoisotopic (exact) mass is 1260 g/mol. The fraction of sp³-hybridized carbons (Fsp3) is 0.186. The minimum Gasteiger partial charge on any atom is -0.264 e. The van der Waals surface area contributed by atoms with Crippen molar-refractivity contribution in [1.82, 2.24) is 24.9 Å². The summed E-state index contributed by atoms with van der Waals surface area (Å²) in [6.45, 7) is 21.8. The fourth-order valence-electron chi connectivity index (χ4n) is 12.8. The van der Waals surface area contributed by atoms with E-state index in [-0.39, 0.29) is 5.41 Å². The number of aromatic nitrogens is 10. The molecule has 0 N–H and O–H groups in total. The first-order valence-electron chi connectivity index (χ1n) is 32.8. The first-order chi connectivity index (χ1) is 46.3. The molecule has 0 aliphatic carbocycles. The summed E-state index contributed by atoms with van der Waals surface area (Å²) in [5.74, 6) is 0. The average Bonchev–Trinajstić information content (AvgIpc) is 0.759. The third-order valence-electron chi connectivity index (χ3n) is 18.4. The van der Waals surface area contributed by atoms with Crippen molar-refractivity contribution in [2.24, 2.45) is 35.2 Å². The Labute approximate surface area is 565 Å². The first kappa shape index (κ1) is 66.4. The molecule has 0 amide bonds. The highest BCUT2D eigenvalue weighted by Gasteiger charge is 2.25. The lowest BCUT2D eigenvalue weighted by Crippen LogP contribution is -2.30. The molecule has 0 radical (unpaired) electrons. The Morgan fingerprint density at radius 1 is 0.312 bits per heavy atom. The first-order valence-corrected chi connectivity index (χ1v) is 32.8. The van der Waals surface area contributed by atoms with Crippen LogP contribution in [0.2, 0.25) is 0 Å². The van der Waals surface area contributed by atoms with Crippen molar-refractivity contribution in [3.8, 4) is 56.3 Å². The van der Waals surface area contributed by atoms with Crippen LogP contribution in [-0.2, 0) is 40.7 Å². The highest BCUT2D eigenvalue weighted by molar-refractivity contribution is 5.94. The maximum absolute atomic E-state index is 4.87. The lowest BCUT2D eigenvalue weighted by atomic mass is 9.82. The molecule has 0 saturated heterocycles. The summed E-state index contributed by atoms with van der Waals surface area (Å²) in [5, 5.41) is 8.59. The SMILES string of the molecule is Cc1c(-c2cccc[n+]2C)ccc2cccnc12.Cc1c(-c2cccc[n+]2C)ccc2ccncc12.Cc1c(-c2cccc[n+]2C)ccc2cnccc12.Cc1c(-c2cccc[n+]2C)cnc2ccccc12.Cc1cc[n+](C)c(-c2cc(C(C)(C)C)c3nc(C)ccc3c2C)c1. The molecule has 0 spiro atoms. The molecule has 0 aliphatic heterocycles. The van der Waals surface area contributed by atoms with E-state index in [1.807, 2.05) is 73.6 Å². The van der Waals surface area contributed by atoms with Crippen molar-refractivity contribution in [3.05, 3.63) is 301 Å². The van der Waals surface area contributed by atoms with Gasteiger partial charge in [0.15, 0.2) is 31.0 Å². The molecule has 0 aliphatic rings. The molecule has 0 bridgehead atoms. The van der Waals surface area contributed by atoms with Gasteiger partial charge in [0.25, 0.3) is 0 Å². The molecule has 10 nitrogen and oxygen atoms in total. The molecule has 15 rings (SSSR count). The van der Waals surface area contributed by atoms with Gasteiger partial charge in [0.2, 0.25) is 28.5 Å². The summed E-state index contributed by atoms with van der Waals surface area (Å²) in [7, 11) is 10.4. The van der Waals surface area contributed by atoms with Crippen LogP contribution in [0.3, 0.4) is 0 Å². The summed E-state index contributed by atoms with van der Waals surface area (Å²) >= 11 is 0. The zero-order chi connectivity index (χ0) is 67.8. The van der Waals surface area contributed by atoms with Gasteiger partial charge in [0, 0.05) is 142 Å². The number of para-hydroxylation sites is 1. The van der Waals surface area contributed by atoms with Crippen molar-refractivity contribution in [1.29, 1.82) is 0 Å². The van der Waals surface area contributed by atoms with Crippen LogP contribution < -0.4 is 22.8 Å². The van der Waals surface area contributed by atoms with Gasteiger partial charge in [0.05, 0.1) is 33.2 Å². The minimum absolute atomic E-state index is 0.0455. The van der Waals surface area contributed by atoms with Gasteiger partial charge in [0.1, 0.15) is 35.2 Å². The van der Waals surface area contributed by atoms with Gasteiger partial charge in [-0.3, -0.25) is 24.9 Å². The second-order valence-electron chi connectivity index (χ2n) is 26.0. The number of pyridine rings is 10. The molecule has 0 atom stereocenters. The molecule has 476 valence electrons. The van der Waals surface area contributed by atoms with Crippen LogP contribution in [-0.4, -0.2) is 24.9 Å².